The number of anilines is 2. The van der Waals surface area contributed by atoms with Crippen molar-refractivity contribution in [3.05, 3.63) is 60.2 Å². The highest BCUT2D eigenvalue weighted by Gasteiger charge is 2.16. The summed E-state index contributed by atoms with van der Waals surface area (Å²) in [5, 5.41) is 4.53. The summed E-state index contributed by atoms with van der Waals surface area (Å²) < 4.78 is 0. The standard InChI is InChI=1S/C20H22N4/c1-3-9-16(10-4-1)15-21-20-22-18-12-6-5-11-17(18)19(23-20)24-13-7-2-8-14-24/h1,3-6,9-12H,2,7-8,13-15H2,(H,21,22,23). The zero-order valence-electron chi connectivity index (χ0n) is 13.8. The predicted molar refractivity (Wildman–Crippen MR) is 99.4 cm³/mol. The molecule has 0 atom stereocenters. The number of aromatic nitrogens is 2. The van der Waals surface area contributed by atoms with E-state index in [0.29, 0.717) is 5.95 Å². The number of hydrogen-bond acceptors (Lipinski definition) is 4. The first-order valence-electron chi connectivity index (χ1n) is 8.70. The van der Waals surface area contributed by atoms with Crippen molar-refractivity contribution < 1.29 is 0 Å². The molecule has 2 heterocycles. The van der Waals surface area contributed by atoms with E-state index >= 15 is 0 Å². The molecule has 4 rings (SSSR count). The maximum Gasteiger partial charge on any atom is 0.225 e. The van der Waals surface area contributed by atoms with E-state index in [1.165, 1.54) is 24.8 Å². The summed E-state index contributed by atoms with van der Waals surface area (Å²) in [6, 6.07) is 18.7. The Hall–Kier alpha value is -2.62. The van der Waals surface area contributed by atoms with Gasteiger partial charge >= 0.3 is 0 Å². The van der Waals surface area contributed by atoms with Crippen molar-refractivity contribution in [2.75, 3.05) is 23.3 Å². The van der Waals surface area contributed by atoms with Gasteiger partial charge in [0, 0.05) is 25.0 Å². The Morgan fingerprint density at radius 1 is 0.833 bits per heavy atom. The number of nitrogens with one attached hydrogen (secondary N) is 1. The van der Waals surface area contributed by atoms with Crippen LogP contribution in [0.25, 0.3) is 10.9 Å². The minimum Gasteiger partial charge on any atom is -0.356 e. The normalized spacial score (nSPS) is 14.8. The Bertz CT molecular complexity index is 810. The Kier molecular flexibility index (Phi) is 4.28. The van der Waals surface area contributed by atoms with Gasteiger partial charge in [-0.2, -0.15) is 4.98 Å². The van der Waals surface area contributed by atoms with Gasteiger partial charge in [-0.3, -0.25) is 0 Å². The molecule has 1 saturated heterocycles. The van der Waals surface area contributed by atoms with Crippen molar-refractivity contribution in [2.45, 2.75) is 25.8 Å². The lowest BCUT2D eigenvalue weighted by atomic mass is 10.1. The molecule has 1 aliphatic heterocycles. The first kappa shape index (κ1) is 14.9. The third kappa shape index (κ3) is 3.18. The van der Waals surface area contributed by atoms with Gasteiger partial charge in [0.15, 0.2) is 0 Å². The van der Waals surface area contributed by atoms with E-state index in [1.54, 1.807) is 0 Å². The second kappa shape index (κ2) is 6.87. The van der Waals surface area contributed by atoms with Crippen LogP contribution >= 0.6 is 0 Å². The van der Waals surface area contributed by atoms with Crippen LogP contribution < -0.4 is 10.2 Å². The van der Waals surface area contributed by atoms with Gasteiger partial charge in [0.2, 0.25) is 5.95 Å². The molecule has 2 aromatic carbocycles. The number of rotatable bonds is 4. The van der Waals surface area contributed by atoms with Gasteiger partial charge in [-0.25, -0.2) is 4.98 Å². The van der Waals surface area contributed by atoms with Crippen LogP contribution in [0, 0.1) is 0 Å². The Morgan fingerprint density at radius 2 is 1.58 bits per heavy atom. The first-order chi connectivity index (χ1) is 11.9. The third-order valence-electron chi connectivity index (χ3n) is 4.53. The highest BCUT2D eigenvalue weighted by Crippen LogP contribution is 2.27. The number of para-hydroxylation sites is 1. The molecule has 24 heavy (non-hydrogen) atoms. The van der Waals surface area contributed by atoms with Crippen LogP contribution in [0.2, 0.25) is 0 Å². The largest absolute Gasteiger partial charge is 0.356 e. The molecule has 3 aromatic rings. The van der Waals surface area contributed by atoms with Crippen LogP contribution in [0.1, 0.15) is 24.8 Å². The molecule has 0 bridgehead atoms. The van der Waals surface area contributed by atoms with Crippen LogP contribution in [-0.2, 0) is 6.54 Å². The number of hydrogen-bond donors (Lipinski definition) is 1. The quantitative estimate of drug-likeness (QED) is 0.781. The van der Waals surface area contributed by atoms with Gasteiger partial charge in [-0.15, -0.1) is 0 Å². The van der Waals surface area contributed by atoms with Crippen LogP contribution in [0.5, 0.6) is 0 Å². The molecule has 0 radical (unpaired) electrons. The molecule has 4 heteroatoms. The van der Waals surface area contributed by atoms with E-state index in [1.807, 2.05) is 12.1 Å². The van der Waals surface area contributed by atoms with E-state index in [0.717, 1.165) is 36.4 Å². The minimum atomic E-state index is 0.707. The minimum absolute atomic E-state index is 0.707. The summed E-state index contributed by atoms with van der Waals surface area (Å²) in [7, 11) is 0. The zero-order chi connectivity index (χ0) is 16.2. The van der Waals surface area contributed by atoms with Gasteiger partial charge in [-0.1, -0.05) is 42.5 Å². The fourth-order valence-electron chi connectivity index (χ4n) is 3.26. The molecule has 1 N–H and O–H groups in total. The summed E-state index contributed by atoms with van der Waals surface area (Å²) in [6.45, 7) is 2.90. The van der Waals surface area contributed by atoms with Crippen molar-refractivity contribution in [1.29, 1.82) is 0 Å². The van der Waals surface area contributed by atoms with Gasteiger partial charge in [0.25, 0.3) is 0 Å². The van der Waals surface area contributed by atoms with Gasteiger partial charge in [0.1, 0.15) is 5.82 Å². The summed E-state index contributed by atoms with van der Waals surface area (Å²) in [4.78, 5) is 11.9. The topological polar surface area (TPSA) is 41.1 Å². The van der Waals surface area contributed by atoms with E-state index in [2.05, 4.69) is 52.7 Å². The molecule has 0 amide bonds. The summed E-state index contributed by atoms with van der Waals surface area (Å²) >= 11 is 0. The van der Waals surface area contributed by atoms with Crippen molar-refractivity contribution >= 4 is 22.7 Å². The highest BCUT2D eigenvalue weighted by molar-refractivity contribution is 5.90. The molecule has 0 spiro atoms. The summed E-state index contributed by atoms with van der Waals surface area (Å²) in [5.74, 6) is 1.77. The maximum absolute atomic E-state index is 4.84. The van der Waals surface area contributed by atoms with E-state index in [4.69, 9.17) is 9.97 Å². The SMILES string of the molecule is c1ccc(CNc2nc(N3CCCCC3)c3ccccc3n2)cc1. The lowest BCUT2D eigenvalue weighted by Crippen LogP contribution is -2.30. The lowest BCUT2D eigenvalue weighted by molar-refractivity contribution is 0.574. The van der Waals surface area contributed by atoms with Crippen molar-refractivity contribution in [3.63, 3.8) is 0 Å². The summed E-state index contributed by atoms with van der Waals surface area (Å²) in [6.07, 6.45) is 3.80. The van der Waals surface area contributed by atoms with Crippen LogP contribution in [-0.4, -0.2) is 23.1 Å². The maximum atomic E-state index is 4.84. The van der Waals surface area contributed by atoms with Crippen molar-refractivity contribution in [1.82, 2.24) is 9.97 Å². The summed E-state index contributed by atoms with van der Waals surface area (Å²) in [5.41, 5.74) is 2.23. The molecule has 0 saturated carbocycles. The first-order valence-corrected chi connectivity index (χ1v) is 8.70. The molecule has 4 nitrogen and oxygen atoms in total. The average molecular weight is 318 g/mol. The van der Waals surface area contributed by atoms with Crippen LogP contribution in [0.4, 0.5) is 11.8 Å². The monoisotopic (exact) mass is 318 g/mol. The van der Waals surface area contributed by atoms with Crippen LogP contribution in [0.3, 0.4) is 0 Å². The van der Waals surface area contributed by atoms with Crippen molar-refractivity contribution in [2.24, 2.45) is 0 Å². The Balaban J connectivity index is 1.65. The second-order valence-corrected chi connectivity index (χ2v) is 6.27. The third-order valence-corrected chi connectivity index (χ3v) is 4.53. The van der Waals surface area contributed by atoms with Crippen LogP contribution in [0.15, 0.2) is 54.6 Å². The zero-order valence-corrected chi connectivity index (χ0v) is 13.8. The Labute approximate surface area is 142 Å². The molecule has 0 unspecified atom stereocenters. The molecule has 122 valence electrons. The fraction of sp³-hybridized carbons (Fsp3) is 0.300. The predicted octanol–water partition coefficient (Wildman–Crippen LogP) is 4.23. The number of fused-ring (bicyclic) bond motifs is 1. The molecule has 0 aliphatic carbocycles. The molecule has 1 aliphatic rings. The van der Waals surface area contributed by atoms with Gasteiger partial charge in [0.05, 0.1) is 5.52 Å². The Morgan fingerprint density at radius 3 is 2.42 bits per heavy atom. The lowest BCUT2D eigenvalue weighted by Gasteiger charge is -2.29. The fourth-order valence-corrected chi connectivity index (χ4v) is 3.26. The average Bonchev–Trinajstić information content (AvgIpc) is 2.67. The second-order valence-electron chi connectivity index (χ2n) is 6.27. The van der Waals surface area contributed by atoms with E-state index in [9.17, 15) is 0 Å². The molecule has 1 aromatic heterocycles. The molecular formula is C20H22N4. The molecule has 1 fully saturated rings. The van der Waals surface area contributed by atoms with E-state index in [-0.39, 0.29) is 0 Å². The molecular weight excluding hydrogens is 296 g/mol. The van der Waals surface area contributed by atoms with Gasteiger partial charge < -0.3 is 10.2 Å². The van der Waals surface area contributed by atoms with Crippen molar-refractivity contribution in [3.8, 4) is 0 Å². The number of nitrogens with zero attached hydrogens (tertiary/aromatic N) is 3. The number of benzene rings is 2. The van der Waals surface area contributed by atoms with E-state index < -0.39 is 0 Å². The smallest absolute Gasteiger partial charge is 0.225 e. The number of piperidine rings is 1. The van der Waals surface area contributed by atoms with Gasteiger partial charge in [-0.05, 0) is 37.0 Å². The highest BCUT2D eigenvalue weighted by atomic mass is 15.2.